The molecule has 0 radical (unpaired) electrons. The number of nitrogens with zero attached hydrogens (tertiary/aromatic N) is 1. The van der Waals surface area contributed by atoms with Gasteiger partial charge in [-0.1, -0.05) is 23.4 Å². The molecular formula is C13H9NO2. The van der Waals surface area contributed by atoms with Gasteiger partial charge in [-0.2, -0.15) is 0 Å². The number of phenolic OH excluding ortho intramolecular Hbond substituents is 1. The van der Waals surface area contributed by atoms with Gasteiger partial charge >= 0.3 is 0 Å². The van der Waals surface area contributed by atoms with Crippen LogP contribution in [0.2, 0.25) is 0 Å². The van der Waals surface area contributed by atoms with E-state index in [0.717, 1.165) is 22.4 Å². The van der Waals surface area contributed by atoms with Gasteiger partial charge in [0.25, 0.3) is 0 Å². The molecule has 0 fully saturated rings. The van der Waals surface area contributed by atoms with Crippen LogP contribution in [-0.2, 0) is 0 Å². The average molecular weight is 211 g/mol. The third-order valence-corrected chi connectivity index (χ3v) is 2.57. The van der Waals surface area contributed by atoms with Crippen LogP contribution in [-0.4, -0.2) is 10.3 Å². The second kappa shape index (κ2) is 3.38. The summed E-state index contributed by atoms with van der Waals surface area (Å²) in [5.41, 5.74) is 3.80. The van der Waals surface area contributed by atoms with E-state index in [1.807, 2.05) is 30.3 Å². The molecule has 1 aromatic rings. The Bertz CT molecular complexity index is 583. The standard InChI is InChI=1S/C13H9NO2/c15-11-6-4-9(5-7-11)13-12-3-1-2-10(12)8-16-14-13/h1-8,15H. The van der Waals surface area contributed by atoms with E-state index in [1.165, 1.54) is 0 Å². The number of rotatable bonds is 1. The van der Waals surface area contributed by atoms with Crippen molar-refractivity contribution in [3.63, 3.8) is 0 Å². The van der Waals surface area contributed by atoms with Gasteiger partial charge < -0.3 is 9.63 Å². The van der Waals surface area contributed by atoms with Crippen LogP contribution in [0.5, 0.6) is 5.75 Å². The van der Waals surface area contributed by atoms with Crippen molar-refractivity contribution in [3.05, 3.63) is 48.7 Å². The molecule has 3 heteroatoms. The maximum atomic E-state index is 9.23. The topological polar surface area (TPSA) is 46.3 Å². The monoisotopic (exact) mass is 211 g/mol. The zero-order valence-corrected chi connectivity index (χ0v) is 8.42. The summed E-state index contributed by atoms with van der Waals surface area (Å²) in [6, 6.07) is 12.9. The van der Waals surface area contributed by atoms with Crippen molar-refractivity contribution in [2.24, 2.45) is 0 Å². The predicted molar refractivity (Wildman–Crippen MR) is 60.2 cm³/mol. The Balaban J connectivity index is 2.19. The molecule has 16 heavy (non-hydrogen) atoms. The van der Waals surface area contributed by atoms with Gasteiger partial charge in [-0.25, -0.2) is 0 Å². The van der Waals surface area contributed by atoms with E-state index in [1.54, 1.807) is 18.4 Å². The van der Waals surface area contributed by atoms with Crippen molar-refractivity contribution in [3.8, 4) is 28.1 Å². The number of phenols is 1. The second-order valence-corrected chi connectivity index (χ2v) is 3.60. The van der Waals surface area contributed by atoms with Gasteiger partial charge in [0.05, 0.1) is 0 Å². The van der Waals surface area contributed by atoms with Gasteiger partial charge in [0, 0.05) is 16.7 Å². The predicted octanol–water partition coefficient (Wildman–Crippen LogP) is 3.15. The first-order chi connectivity index (χ1) is 7.84. The van der Waals surface area contributed by atoms with Gasteiger partial charge in [-0.05, 0) is 24.3 Å². The summed E-state index contributed by atoms with van der Waals surface area (Å²) < 4.78 is 5.05. The molecule has 0 atom stereocenters. The van der Waals surface area contributed by atoms with Crippen LogP contribution in [0.3, 0.4) is 0 Å². The van der Waals surface area contributed by atoms with E-state index in [4.69, 9.17) is 4.52 Å². The minimum atomic E-state index is 0.246. The Labute approximate surface area is 92.3 Å². The minimum absolute atomic E-state index is 0.246. The highest BCUT2D eigenvalue weighted by Crippen LogP contribution is 2.32. The summed E-state index contributed by atoms with van der Waals surface area (Å²) >= 11 is 0. The number of hydrogen-bond acceptors (Lipinski definition) is 3. The molecule has 1 aliphatic heterocycles. The fraction of sp³-hybridized carbons (Fsp3) is 0. The molecule has 1 aliphatic carbocycles. The van der Waals surface area contributed by atoms with Crippen molar-refractivity contribution in [1.82, 2.24) is 5.16 Å². The fourth-order valence-electron chi connectivity index (χ4n) is 1.76. The van der Waals surface area contributed by atoms with Gasteiger partial charge in [0.1, 0.15) is 17.7 Å². The smallest absolute Gasteiger partial charge is 0.130 e. The maximum Gasteiger partial charge on any atom is 0.130 e. The third-order valence-electron chi connectivity index (χ3n) is 2.57. The zero-order valence-electron chi connectivity index (χ0n) is 8.42. The van der Waals surface area contributed by atoms with Crippen molar-refractivity contribution in [1.29, 1.82) is 0 Å². The van der Waals surface area contributed by atoms with Crippen molar-refractivity contribution >= 4 is 0 Å². The summed E-state index contributed by atoms with van der Waals surface area (Å²) in [6.07, 6.45) is 1.62. The maximum absolute atomic E-state index is 9.23. The molecule has 0 amide bonds. The van der Waals surface area contributed by atoms with E-state index in [2.05, 4.69) is 5.16 Å². The average Bonchev–Trinajstić information content (AvgIpc) is 2.78. The summed E-state index contributed by atoms with van der Waals surface area (Å²) in [5.74, 6) is 0.246. The van der Waals surface area contributed by atoms with Crippen LogP contribution in [0.25, 0.3) is 22.4 Å². The summed E-state index contributed by atoms with van der Waals surface area (Å²) in [4.78, 5) is 0. The fourth-order valence-corrected chi connectivity index (χ4v) is 1.76. The van der Waals surface area contributed by atoms with E-state index < -0.39 is 0 Å². The molecule has 0 aromatic heterocycles. The van der Waals surface area contributed by atoms with Crippen molar-refractivity contribution in [2.75, 3.05) is 0 Å². The molecule has 1 aromatic carbocycles. The van der Waals surface area contributed by atoms with Crippen LogP contribution in [0, 0.1) is 0 Å². The van der Waals surface area contributed by atoms with Gasteiger partial charge in [0.2, 0.25) is 0 Å². The highest BCUT2D eigenvalue weighted by molar-refractivity contribution is 5.81. The van der Waals surface area contributed by atoms with E-state index in [0.29, 0.717) is 0 Å². The molecule has 3 rings (SSSR count). The lowest BCUT2D eigenvalue weighted by atomic mass is 10.0. The first kappa shape index (κ1) is 8.97. The molecule has 78 valence electrons. The summed E-state index contributed by atoms with van der Waals surface area (Å²) in [5, 5.41) is 13.3. The van der Waals surface area contributed by atoms with Gasteiger partial charge in [0.15, 0.2) is 0 Å². The normalized spacial score (nSPS) is 10.8. The molecule has 0 saturated carbocycles. The first-order valence-corrected chi connectivity index (χ1v) is 4.97. The molecular weight excluding hydrogens is 202 g/mol. The quantitative estimate of drug-likeness (QED) is 0.672. The lowest BCUT2D eigenvalue weighted by molar-refractivity contribution is 0.405. The van der Waals surface area contributed by atoms with Crippen LogP contribution < -0.4 is 0 Å². The second-order valence-electron chi connectivity index (χ2n) is 3.60. The van der Waals surface area contributed by atoms with Crippen LogP contribution in [0.1, 0.15) is 0 Å². The Morgan fingerprint density at radius 3 is 2.56 bits per heavy atom. The molecule has 0 saturated heterocycles. The van der Waals surface area contributed by atoms with Crippen molar-refractivity contribution in [2.45, 2.75) is 0 Å². The molecule has 1 heterocycles. The molecule has 1 N–H and O–H groups in total. The molecule has 2 aliphatic rings. The number of aromatic hydroxyl groups is 1. The Morgan fingerprint density at radius 1 is 0.938 bits per heavy atom. The van der Waals surface area contributed by atoms with E-state index in [-0.39, 0.29) is 5.75 Å². The van der Waals surface area contributed by atoms with Crippen molar-refractivity contribution < 1.29 is 9.63 Å². The Morgan fingerprint density at radius 2 is 1.75 bits per heavy atom. The minimum Gasteiger partial charge on any atom is -0.508 e. The molecule has 0 unspecified atom stereocenters. The number of hydrogen-bond donors (Lipinski definition) is 1. The van der Waals surface area contributed by atoms with Crippen LogP contribution in [0.15, 0.2) is 53.3 Å². The van der Waals surface area contributed by atoms with Crippen LogP contribution >= 0.6 is 0 Å². The Kier molecular flexibility index (Phi) is 1.90. The largest absolute Gasteiger partial charge is 0.508 e. The SMILES string of the molecule is Oc1ccc(-c2nocc3cccc2-3)cc1. The summed E-state index contributed by atoms with van der Waals surface area (Å²) in [6.45, 7) is 0. The van der Waals surface area contributed by atoms with Gasteiger partial charge in [-0.3, -0.25) is 0 Å². The summed E-state index contributed by atoms with van der Waals surface area (Å²) in [7, 11) is 0. The number of aromatic nitrogens is 1. The highest BCUT2D eigenvalue weighted by atomic mass is 16.4. The highest BCUT2D eigenvalue weighted by Gasteiger charge is 2.12. The van der Waals surface area contributed by atoms with Crippen LogP contribution in [0.4, 0.5) is 0 Å². The zero-order chi connectivity index (χ0) is 11.0. The molecule has 0 spiro atoms. The van der Waals surface area contributed by atoms with Gasteiger partial charge in [-0.15, -0.1) is 0 Å². The lowest BCUT2D eigenvalue weighted by Crippen LogP contribution is -1.86. The number of benzene rings is 1. The molecule has 0 bridgehead atoms. The lowest BCUT2D eigenvalue weighted by Gasteiger charge is -2.05. The Hall–Kier alpha value is -2.29. The molecule has 3 nitrogen and oxygen atoms in total. The van der Waals surface area contributed by atoms with E-state index >= 15 is 0 Å². The number of fused-ring (bicyclic) bond motifs is 1. The third kappa shape index (κ3) is 1.34. The first-order valence-electron chi connectivity index (χ1n) is 4.97. The van der Waals surface area contributed by atoms with E-state index in [9.17, 15) is 5.11 Å².